The number of rotatable bonds is 2. The second-order valence-corrected chi connectivity index (χ2v) is 6.21. The Hall–Kier alpha value is 0.190. The maximum atomic E-state index is 12.5. The minimum atomic E-state index is -4.15. The zero-order valence-corrected chi connectivity index (χ0v) is 11.5. The minimum Gasteiger partial charge on any atom is -0.298 e. The fourth-order valence-electron chi connectivity index (χ4n) is 2.81. The van der Waals surface area contributed by atoms with Gasteiger partial charge in [0.1, 0.15) is 4.83 Å². The molecule has 2 nitrogen and oxygen atoms in total. The molecule has 2 heterocycles. The lowest BCUT2D eigenvalue weighted by Gasteiger charge is -2.43. The smallest absolute Gasteiger partial charge is 0.298 e. The summed E-state index contributed by atoms with van der Waals surface area (Å²) in [7, 11) is 0. The number of halogens is 4. The van der Waals surface area contributed by atoms with Crippen molar-refractivity contribution in [3.63, 3.8) is 0 Å². The molecule has 0 aromatic heterocycles. The standard InChI is InChI=1S/C11H18BrF3N2/c1-8-5-16-4-2-3-9(16)6-17(8)7-10(12)11(13,14)15/h8-10H,2-7H2,1H3. The summed E-state index contributed by atoms with van der Waals surface area (Å²) in [5, 5.41) is 0. The van der Waals surface area contributed by atoms with E-state index in [2.05, 4.69) is 20.8 Å². The van der Waals surface area contributed by atoms with E-state index in [1.807, 2.05) is 11.8 Å². The van der Waals surface area contributed by atoms with E-state index in [4.69, 9.17) is 0 Å². The highest BCUT2D eigenvalue weighted by Gasteiger charge is 2.41. The van der Waals surface area contributed by atoms with Gasteiger partial charge in [0.25, 0.3) is 0 Å². The molecule has 0 amide bonds. The zero-order valence-electron chi connectivity index (χ0n) is 9.88. The minimum absolute atomic E-state index is 0.0645. The Bertz CT molecular complexity index is 272. The average molecular weight is 315 g/mol. The third-order valence-corrected chi connectivity index (χ3v) is 4.63. The lowest BCUT2D eigenvalue weighted by atomic mass is 10.1. The molecule has 2 aliphatic rings. The molecule has 0 spiro atoms. The molecule has 0 radical (unpaired) electrons. The highest BCUT2D eigenvalue weighted by Crippen LogP contribution is 2.30. The number of nitrogens with zero attached hydrogens (tertiary/aromatic N) is 2. The van der Waals surface area contributed by atoms with Gasteiger partial charge in [0.15, 0.2) is 0 Å². The van der Waals surface area contributed by atoms with Gasteiger partial charge in [-0.25, -0.2) is 0 Å². The Morgan fingerprint density at radius 1 is 1.35 bits per heavy atom. The molecule has 3 unspecified atom stereocenters. The van der Waals surface area contributed by atoms with Crippen molar-refractivity contribution < 1.29 is 13.2 Å². The molecule has 2 aliphatic heterocycles. The zero-order chi connectivity index (χ0) is 12.6. The van der Waals surface area contributed by atoms with Crippen LogP contribution < -0.4 is 0 Å². The van der Waals surface area contributed by atoms with Crippen LogP contribution in [0.4, 0.5) is 13.2 Å². The van der Waals surface area contributed by atoms with Crippen LogP contribution in [0.5, 0.6) is 0 Å². The van der Waals surface area contributed by atoms with Crippen molar-refractivity contribution in [2.75, 3.05) is 26.2 Å². The fraction of sp³-hybridized carbons (Fsp3) is 1.00. The molecule has 0 N–H and O–H groups in total. The first-order chi connectivity index (χ1) is 7.88. The Labute approximate surface area is 108 Å². The SMILES string of the molecule is CC1CN2CCCC2CN1CC(Br)C(F)(F)F. The van der Waals surface area contributed by atoms with Crippen molar-refractivity contribution >= 4 is 15.9 Å². The molecular weight excluding hydrogens is 297 g/mol. The van der Waals surface area contributed by atoms with E-state index in [9.17, 15) is 13.2 Å². The van der Waals surface area contributed by atoms with E-state index in [1.54, 1.807) is 0 Å². The number of fused-ring (bicyclic) bond motifs is 1. The Balaban J connectivity index is 1.92. The molecule has 2 saturated heterocycles. The van der Waals surface area contributed by atoms with Crippen molar-refractivity contribution in [1.82, 2.24) is 9.80 Å². The second kappa shape index (κ2) is 5.05. The monoisotopic (exact) mass is 314 g/mol. The van der Waals surface area contributed by atoms with Crippen LogP contribution in [0.3, 0.4) is 0 Å². The lowest BCUT2D eigenvalue weighted by molar-refractivity contribution is -0.133. The highest BCUT2D eigenvalue weighted by atomic mass is 79.9. The van der Waals surface area contributed by atoms with Crippen LogP contribution in [0.25, 0.3) is 0 Å². The Morgan fingerprint density at radius 2 is 2.06 bits per heavy atom. The van der Waals surface area contributed by atoms with Crippen molar-refractivity contribution in [2.45, 2.75) is 42.9 Å². The van der Waals surface area contributed by atoms with Crippen molar-refractivity contribution in [3.8, 4) is 0 Å². The molecular formula is C11H18BrF3N2. The maximum absolute atomic E-state index is 12.5. The molecule has 0 aromatic carbocycles. The maximum Gasteiger partial charge on any atom is 0.402 e. The summed E-state index contributed by atoms with van der Waals surface area (Å²) >= 11 is 2.75. The van der Waals surface area contributed by atoms with Gasteiger partial charge in [-0.05, 0) is 26.3 Å². The summed E-state index contributed by atoms with van der Waals surface area (Å²) in [5.74, 6) is 0. The van der Waals surface area contributed by atoms with Crippen LogP contribution in [0, 0.1) is 0 Å². The Morgan fingerprint density at radius 3 is 2.71 bits per heavy atom. The molecule has 0 saturated carbocycles. The van der Waals surface area contributed by atoms with Gasteiger partial charge >= 0.3 is 6.18 Å². The molecule has 17 heavy (non-hydrogen) atoms. The van der Waals surface area contributed by atoms with Gasteiger partial charge in [-0.2, -0.15) is 13.2 Å². The highest BCUT2D eigenvalue weighted by molar-refractivity contribution is 9.09. The summed E-state index contributed by atoms with van der Waals surface area (Å²) in [6, 6.07) is 0.686. The largest absolute Gasteiger partial charge is 0.402 e. The summed E-state index contributed by atoms with van der Waals surface area (Å²) < 4.78 is 37.5. The normalized spacial score (nSPS) is 33.7. The predicted molar refractivity (Wildman–Crippen MR) is 64.4 cm³/mol. The topological polar surface area (TPSA) is 6.48 Å². The Kier molecular flexibility index (Phi) is 4.05. The molecule has 0 aromatic rings. The first-order valence-corrected chi connectivity index (χ1v) is 6.98. The summed E-state index contributed by atoms with van der Waals surface area (Å²) in [4.78, 5) is 2.97. The van der Waals surface area contributed by atoms with Gasteiger partial charge in [-0.1, -0.05) is 15.9 Å². The van der Waals surface area contributed by atoms with E-state index < -0.39 is 11.0 Å². The van der Waals surface area contributed by atoms with Crippen LogP contribution in [0.2, 0.25) is 0 Å². The van der Waals surface area contributed by atoms with Gasteiger partial charge in [-0.3, -0.25) is 9.80 Å². The predicted octanol–water partition coefficient (Wildman–Crippen LogP) is 2.48. The molecule has 0 aliphatic carbocycles. The molecule has 6 heteroatoms. The van der Waals surface area contributed by atoms with Gasteiger partial charge in [0, 0.05) is 31.7 Å². The second-order valence-electron chi connectivity index (χ2n) is 5.10. The third-order valence-electron chi connectivity index (χ3n) is 3.82. The molecule has 2 fully saturated rings. The van der Waals surface area contributed by atoms with Crippen molar-refractivity contribution in [1.29, 1.82) is 0 Å². The molecule has 100 valence electrons. The quantitative estimate of drug-likeness (QED) is 0.723. The lowest BCUT2D eigenvalue weighted by Crippen LogP contribution is -2.56. The average Bonchev–Trinajstić information content (AvgIpc) is 2.63. The molecule has 2 rings (SSSR count). The summed E-state index contributed by atoms with van der Waals surface area (Å²) in [6.07, 6.45) is -1.84. The summed E-state index contributed by atoms with van der Waals surface area (Å²) in [6.45, 7) is 4.88. The number of hydrogen-bond donors (Lipinski definition) is 0. The van der Waals surface area contributed by atoms with E-state index >= 15 is 0 Å². The van der Waals surface area contributed by atoms with Crippen LogP contribution >= 0.6 is 15.9 Å². The number of piperazine rings is 1. The first-order valence-electron chi connectivity index (χ1n) is 6.07. The van der Waals surface area contributed by atoms with E-state index in [1.165, 1.54) is 6.42 Å². The van der Waals surface area contributed by atoms with E-state index in [0.717, 1.165) is 26.1 Å². The summed E-state index contributed by atoms with van der Waals surface area (Å²) in [5.41, 5.74) is 0. The van der Waals surface area contributed by atoms with Crippen molar-refractivity contribution in [2.24, 2.45) is 0 Å². The first kappa shape index (κ1) is 13.6. The third kappa shape index (κ3) is 3.15. The van der Waals surface area contributed by atoms with Crippen molar-refractivity contribution in [3.05, 3.63) is 0 Å². The van der Waals surface area contributed by atoms with Crippen LogP contribution in [0.1, 0.15) is 19.8 Å². The van der Waals surface area contributed by atoms with Gasteiger partial charge in [-0.15, -0.1) is 0 Å². The van der Waals surface area contributed by atoms with Crippen LogP contribution in [-0.4, -0.2) is 59.1 Å². The number of alkyl halides is 4. The molecule has 3 atom stereocenters. The van der Waals surface area contributed by atoms with Gasteiger partial charge < -0.3 is 0 Å². The van der Waals surface area contributed by atoms with Gasteiger partial charge in [0.2, 0.25) is 0 Å². The molecule has 0 bridgehead atoms. The fourth-order valence-corrected chi connectivity index (χ4v) is 3.18. The van der Waals surface area contributed by atoms with Crippen LogP contribution in [0.15, 0.2) is 0 Å². The van der Waals surface area contributed by atoms with E-state index in [-0.39, 0.29) is 12.6 Å². The number of hydrogen-bond acceptors (Lipinski definition) is 2. The van der Waals surface area contributed by atoms with E-state index in [0.29, 0.717) is 6.04 Å². The van der Waals surface area contributed by atoms with Gasteiger partial charge in [0.05, 0.1) is 0 Å². The van der Waals surface area contributed by atoms with Crippen LogP contribution in [-0.2, 0) is 0 Å².